The summed E-state index contributed by atoms with van der Waals surface area (Å²) >= 11 is 0. The third kappa shape index (κ3) is 1.72. The molecule has 92 valence electrons. The van der Waals surface area contributed by atoms with Crippen LogP contribution in [0.5, 0.6) is 0 Å². The molecular formula is C15H15NO2. The Balaban J connectivity index is 2.05. The molecule has 3 heteroatoms. The summed E-state index contributed by atoms with van der Waals surface area (Å²) < 4.78 is 0. The van der Waals surface area contributed by atoms with Gasteiger partial charge in [0.05, 0.1) is 5.56 Å². The molecule has 1 aliphatic carbocycles. The predicted octanol–water partition coefficient (Wildman–Crippen LogP) is 3.18. The highest BCUT2D eigenvalue weighted by atomic mass is 16.4. The van der Waals surface area contributed by atoms with E-state index in [0.717, 1.165) is 17.7 Å². The van der Waals surface area contributed by atoms with Gasteiger partial charge in [0.1, 0.15) is 0 Å². The number of carbonyl (C=O) groups is 1. The minimum absolute atomic E-state index is 0.352. The van der Waals surface area contributed by atoms with E-state index >= 15 is 0 Å². The first-order chi connectivity index (χ1) is 8.65. The van der Waals surface area contributed by atoms with E-state index in [1.54, 1.807) is 13.0 Å². The molecule has 1 heterocycles. The first-order valence-corrected chi connectivity index (χ1v) is 6.20. The predicted molar refractivity (Wildman–Crippen MR) is 70.0 cm³/mol. The highest BCUT2D eigenvalue weighted by Crippen LogP contribution is 2.28. The van der Waals surface area contributed by atoms with Gasteiger partial charge in [-0.15, -0.1) is 0 Å². The van der Waals surface area contributed by atoms with Crippen molar-refractivity contribution in [2.24, 2.45) is 0 Å². The van der Waals surface area contributed by atoms with Gasteiger partial charge in [0.2, 0.25) is 0 Å². The molecule has 0 saturated carbocycles. The van der Waals surface area contributed by atoms with Crippen LogP contribution in [0.2, 0.25) is 0 Å². The van der Waals surface area contributed by atoms with E-state index in [0.29, 0.717) is 11.3 Å². The van der Waals surface area contributed by atoms with Gasteiger partial charge in [-0.3, -0.25) is 0 Å². The maximum Gasteiger partial charge on any atom is 0.337 e. The van der Waals surface area contributed by atoms with Gasteiger partial charge < -0.3 is 10.1 Å². The molecular weight excluding hydrogens is 226 g/mol. The number of nitrogens with one attached hydrogen (secondary N) is 1. The molecule has 1 aromatic carbocycles. The average Bonchev–Trinajstić information content (AvgIpc) is 2.93. The third-order valence-corrected chi connectivity index (χ3v) is 3.65. The number of fused-ring (bicyclic) bond motifs is 1. The summed E-state index contributed by atoms with van der Waals surface area (Å²) in [4.78, 5) is 14.2. The summed E-state index contributed by atoms with van der Waals surface area (Å²) in [7, 11) is 0. The van der Waals surface area contributed by atoms with Crippen molar-refractivity contribution in [3.05, 3.63) is 46.6 Å². The molecule has 3 rings (SSSR count). The lowest BCUT2D eigenvalue weighted by Crippen LogP contribution is -1.95. The van der Waals surface area contributed by atoms with E-state index < -0.39 is 5.97 Å². The third-order valence-electron chi connectivity index (χ3n) is 3.65. The lowest BCUT2D eigenvalue weighted by molar-refractivity contribution is 0.0696. The van der Waals surface area contributed by atoms with Gasteiger partial charge >= 0.3 is 5.97 Å². The van der Waals surface area contributed by atoms with Gasteiger partial charge in [0.25, 0.3) is 0 Å². The second-order valence-corrected chi connectivity index (χ2v) is 4.86. The van der Waals surface area contributed by atoms with E-state index in [1.807, 2.05) is 0 Å². The Hall–Kier alpha value is -2.03. The topological polar surface area (TPSA) is 53.1 Å². The van der Waals surface area contributed by atoms with E-state index in [9.17, 15) is 4.79 Å². The molecule has 0 spiro atoms. The Morgan fingerprint density at radius 3 is 2.72 bits per heavy atom. The van der Waals surface area contributed by atoms with Crippen LogP contribution in [0.3, 0.4) is 0 Å². The Morgan fingerprint density at radius 2 is 2.00 bits per heavy atom. The number of H-pyrrole nitrogens is 1. The molecule has 3 nitrogen and oxygen atoms in total. The first-order valence-electron chi connectivity index (χ1n) is 6.20. The Labute approximate surface area is 105 Å². The van der Waals surface area contributed by atoms with Gasteiger partial charge in [0.15, 0.2) is 0 Å². The van der Waals surface area contributed by atoms with E-state index in [2.05, 4.69) is 23.2 Å². The molecule has 2 N–H and O–H groups in total. The number of aryl methyl sites for hydroxylation is 3. The first kappa shape index (κ1) is 11.1. The number of carboxylic acid groups (broad SMARTS) is 1. The summed E-state index contributed by atoms with van der Waals surface area (Å²) in [5.74, 6) is -0.879. The smallest absolute Gasteiger partial charge is 0.337 e. The summed E-state index contributed by atoms with van der Waals surface area (Å²) in [6.07, 6.45) is 3.53. The largest absolute Gasteiger partial charge is 0.478 e. The van der Waals surface area contributed by atoms with Crippen LogP contribution in [0.25, 0.3) is 11.3 Å². The van der Waals surface area contributed by atoms with Crippen molar-refractivity contribution in [1.29, 1.82) is 0 Å². The van der Waals surface area contributed by atoms with E-state index in [4.69, 9.17) is 5.11 Å². The van der Waals surface area contributed by atoms with Crippen molar-refractivity contribution >= 4 is 5.97 Å². The molecule has 0 bridgehead atoms. The molecule has 0 saturated heterocycles. The van der Waals surface area contributed by atoms with Crippen LogP contribution in [0, 0.1) is 6.92 Å². The van der Waals surface area contributed by atoms with Crippen molar-refractivity contribution < 1.29 is 9.90 Å². The van der Waals surface area contributed by atoms with Gasteiger partial charge in [0, 0.05) is 11.4 Å². The molecule has 0 amide bonds. The number of aromatic carboxylic acids is 1. The Kier molecular flexibility index (Phi) is 2.47. The lowest BCUT2D eigenvalue weighted by atomic mass is 10.0. The number of rotatable bonds is 2. The SMILES string of the molecule is Cc1[nH]c(-c2ccc3c(c2)CCC3)cc1C(=O)O. The molecule has 0 fully saturated rings. The number of aromatic nitrogens is 1. The lowest BCUT2D eigenvalue weighted by Gasteiger charge is -2.02. The quantitative estimate of drug-likeness (QED) is 0.848. The fourth-order valence-corrected chi connectivity index (χ4v) is 2.68. The molecule has 18 heavy (non-hydrogen) atoms. The monoisotopic (exact) mass is 241 g/mol. The van der Waals surface area contributed by atoms with Crippen LogP contribution in [0.15, 0.2) is 24.3 Å². The normalized spacial score (nSPS) is 13.6. The maximum absolute atomic E-state index is 11.0. The van der Waals surface area contributed by atoms with Crippen LogP contribution < -0.4 is 0 Å². The summed E-state index contributed by atoms with van der Waals surface area (Å²) in [6, 6.07) is 8.13. The van der Waals surface area contributed by atoms with Crippen molar-refractivity contribution in [3.63, 3.8) is 0 Å². The standard InChI is InChI=1S/C15H15NO2/c1-9-13(15(17)18)8-14(16-9)12-6-5-10-3-2-4-11(10)7-12/h5-8,16H,2-4H2,1H3,(H,17,18). The van der Waals surface area contributed by atoms with E-state index in [-0.39, 0.29) is 0 Å². The average molecular weight is 241 g/mol. The van der Waals surface area contributed by atoms with Gasteiger partial charge in [-0.2, -0.15) is 0 Å². The summed E-state index contributed by atoms with van der Waals surface area (Å²) in [5, 5.41) is 9.06. The maximum atomic E-state index is 11.0. The van der Waals surface area contributed by atoms with Crippen LogP contribution in [0.1, 0.15) is 33.6 Å². The highest BCUT2D eigenvalue weighted by molar-refractivity contribution is 5.90. The molecule has 0 aliphatic heterocycles. The Morgan fingerprint density at radius 1 is 1.22 bits per heavy atom. The number of aromatic amines is 1. The van der Waals surface area contributed by atoms with E-state index in [1.165, 1.54) is 24.0 Å². The van der Waals surface area contributed by atoms with Crippen molar-refractivity contribution in [2.75, 3.05) is 0 Å². The highest BCUT2D eigenvalue weighted by Gasteiger charge is 2.15. The molecule has 2 aromatic rings. The van der Waals surface area contributed by atoms with Gasteiger partial charge in [-0.25, -0.2) is 4.79 Å². The van der Waals surface area contributed by atoms with Crippen LogP contribution in [-0.4, -0.2) is 16.1 Å². The zero-order valence-electron chi connectivity index (χ0n) is 10.3. The van der Waals surface area contributed by atoms with Crippen molar-refractivity contribution in [2.45, 2.75) is 26.2 Å². The van der Waals surface area contributed by atoms with Gasteiger partial charge in [-0.05, 0) is 55.0 Å². The van der Waals surface area contributed by atoms with Crippen LogP contribution in [0.4, 0.5) is 0 Å². The number of hydrogen-bond donors (Lipinski definition) is 2. The van der Waals surface area contributed by atoms with Crippen LogP contribution in [-0.2, 0) is 12.8 Å². The zero-order chi connectivity index (χ0) is 12.7. The molecule has 0 atom stereocenters. The fourth-order valence-electron chi connectivity index (χ4n) is 2.68. The molecule has 0 unspecified atom stereocenters. The minimum Gasteiger partial charge on any atom is -0.478 e. The molecule has 1 aromatic heterocycles. The number of hydrogen-bond acceptors (Lipinski definition) is 1. The zero-order valence-corrected chi connectivity index (χ0v) is 10.3. The van der Waals surface area contributed by atoms with Crippen molar-refractivity contribution in [1.82, 2.24) is 4.98 Å². The Bertz CT molecular complexity index is 625. The summed E-state index contributed by atoms with van der Waals surface area (Å²) in [6.45, 7) is 1.79. The molecule has 1 aliphatic rings. The fraction of sp³-hybridized carbons (Fsp3) is 0.267. The van der Waals surface area contributed by atoms with Crippen molar-refractivity contribution in [3.8, 4) is 11.3 Å². The van der Waals surface area contributed by atoms with Crippen LogP contribution >= 0.6 is 0 Å². The summed E-state index contributed by atoms with van der Waals surface area (Å²) in [5.41, 5.74) is 5.85. The molecule has 0 radical (unpaired) electrons. The van der Waals surface area contributed by atoms with Gasteiger partial charge in [-0.1, -0.05) is 12.1 Å². The minimum atomic E-state index is -0.879. The number of benzene rings is 1. The number of carboxylic acids is 1. The second kappa shape index (κ2) is 4.02. The second-order valence-electron chi connectivity index (χ2n) is 4.86.